The number of anilines is 1. The molecule has 1 unspecified atom stereocenters. The summed E-state index contributed by atoms with van der Waals surface area (Å²) in [5.41, 5.74) is -1.05. The molecule has 0 aliphatic rings. The Labute approximate surface area is 158 Å². The molecule has 150 valence electrons. The Morgan fingerprint density at radius 2 is 1.71 bits per heavy atom. The Bertz CT molecular complexity index is 1030. The van der Waals surface area contributed by atoms with Gasteiger partial charge >= 0.3 is 5.97 Å². The van der Waals surface area contributed by atoms with Gasteiger partial charge in [0.15, 0.2) is 6.10 Å². The molecular weight excluding hydrogens is 401 g/mol. The minimum Gasteiger partial charge on any atom is -0.449 e. The average Bonchev–Trinajstić information content (AvgIpc) is 2.63. The van der Waals surface area contributed by atoms with Gasteiger partial charge in [0.05, 0.1) is 16.1 Å². The van der Waals surface area contributed by atoms with E-state index in [-0.39, 0.29) is 10.6 Å². The number of sulfonamides is 1. The number of ether oxygens (including phenoxy) is 1. The van der Waals surface area contributed by atoms with Gasteiger partial charge in [0.2, 0.25) is 10.0 Å². The first-order valence-corrected chi connectivity index (χ1v) is 9.23. The number of nitrogens with one attached hydrogen (secondary N) is 2. The summed E-state index contributed by atoms with van der Waals surface area (Å²) in [5.74, 6) is -5.20. The maximum Gasteiger partial charge on any atom is 0.341 e. The summed E-state index contributed by atoms with van der Waals surface area (Å²) < 4.78 is 70.7. The van der Waals surface area contributed by atoms with E-state index in [1.165, 1.54) is 0 Å². The third-order valence-electron chi connectivity index (χ3n) is 3.58. The van der Waals surface area contributed by atoms with E-state index in [1.807, 2.05) is 4.72 Å². The second-order valence-corrected chi connectivity index (χ2v) is 7.40. The van der Waals surface area contributed by atoms with E-state index in [0.29, 0.717) is 6.07 Å². The van der Waals surface area contributed by atoms with Crippen LogP contribution in [0.5, 0.6) is 0 Å². The van der Waals surface area contributed by atoms with Crippen molar-refractivity contribution in [2.75, 3.05) is 12.4 Å². The van der Waals surface area contributed by atoms with Crippen LogP contribution in [0.1, 0.15) is 17.3 Å². The van der Waals surface area contributed by atoms with Gasteiger partial charge in [0, 0.05) is 6.07 Å². The van der Waals surface area contributed by atoms with Crippen LogP contribution in [-0.4, -0.2) is 33.4 Å². The highest BCUT2D eigenvalue weighted by Gasteiger charge is 2.24. The van der Waals surface area contributed by atoms with E-state index in [9.17, 15) is 31.2 Å². The summed E-state index contributed by atoms with van der Waals surface area (Å²) >= 11 is 0. The lowest BCUT2D eigenvalue weighted by molar-refractivity contribution is -0.123. The molecule has 2 aromatic rings. The van der Waals surface area contributed by atoms with E-state index in [0.717, 1.165) is 44.3 Å². The van der Waals surface area contributed by atoms with Gasteiger partial charge in [0.1, 0.15) is 17.5 Å². The van der Waals surface area contributed by atoms with Crippen molar-refractivity contribution in [3.05, 3.63) is 59.4 Å². The fourth-order valence-corrected chi connectivity index (χ4v) is 2.80. The molecule has 1 atom stereocenters. The molecule has 0 aliphatic carbocycles. The molecule has 28 heavy (non-hydrogen) atoms. The van der Waals surface area contributed by atoms with Gasteiger partial charge in [-0.15, -0.1) is 0 Å². The van der Waals surface area contributed by atoms with Crippen molar-refractivity contribution in [2.24, 2.45) is 0 Å². The van der Waals surface area contributed by atoms with Crippen LogP contribution in [0.15, 0.2) is 41.3 Å². The van der Waals surface area contributed by atoms with Crippen molar-refractivity contribution in [1.82, 2.24) is 4.72 Å². The van der Waals surface area contributed by atoms with Crippen LogP contribution in [0.3, 0.4) is 0 Å². The molecular formula is C17H15F3N2O5S. The number of hydrogen-bond donors (Lipinski definition) is 2. The Balaban J connectivity index is 2.15. The highest BCUT2D eigenvalue weighted by Crippen LogP contribution is 2.18. The van der Waals surface area contributed by atoms with E-state index in [2.05, 4.69) is 5.32 Å². The number of rotatable bonds is 6. The van der Waals surface area contributed by atoms with Gasteiger partial charge in [-0.05, 0) is 44.3 Å². The van der Waals surface area contributed by atoms with Crippen molar-refractivity contribution in [2.45, 2.75) is 17.9 Å². The first-order chi connectivity index (χ1) is 13.0. The molecule has 0 saturated carbocycles. The Morgan fingerprint density at radius 3 is 2.32 bits per heavy atom. The van der Waals surface area contributed by atoms with Crippen molar-refractivity contribution >= 4 is 27.6 Å². The molecule has 2 rings (SSSR count). The molecule has 2 N–H and O–H groups in total. The summed E-state index contributed by atoms with van der Waals surface area (Å²) in [6, 6.07) is 4.91. The lowest BCUT2D eigenvalue weighted by atomic mass is 10.2. The van der Waals surface area contributed by atoms with Crippen molar-refractivity contribution < 1.29 is 35.9 Å². The summed E-state index contributed by atoms with van der Waals surface area (Å²) in [6.07, 6.45) is -1.49. The highest BCUT2D eigenvalue weighted by atomic mass is 32.2. The van der Waals surface area contributed by atoms with Crippen LogP contribution < -0.4 is 10.0 Å². The van der Waals surface area contributed by atoms with Gasteiger partial charge in [0.25, 0.3) is 5.91 Å². The second-order valence-electron chi connectivity index (χ2n) is 5.51. The molecule has 0 aromatic heterocycles. The minimum atomic E-state index is -3.94. The van der Waals surface area contributed by atoms with Gasteiger partial charge in [-0.3, -0.25) is 4.79 Å². The van der Waals surface area contributed by atoms with Crippen LogP contribution in [-0.2, 0) is 19.6 Å². The smallest absolute Gasteiger partial charge is 0.341 e. The molecule has 0 heterocycles. The molecule has 2 aromatic carbocycles. The fourth-order valence-electron chi connectivity index (χ4n) is 2.05. The second kappa shape index (κ2) is 8.40. The Morgan fingerprint density at radius 1 is 1.04 bits per heavy atom. The van der Waals surface area contributed by atoms with E-state index in [1.54, 1.807) is 0 Å². The lowest BCUT2D eigenvalue weighted by Gasteiger charge is -2.14. The largest absolute Gasteiger partial charge is 0.449 e. The molecule has 0 radical (unpaired) electrons. The molecule has 0 fully saturated rings. The number of halogens is 3. The SMILES string of the molecule is CNS(=O)(=O)c1ccc(F)c(C(=O)OC(C)C(=O)Nc2ccc(F)cc2F)c1. The predicted octanol–water partition coefficient (Wildman–Crippen LogP) is 2.20. The third kappa shape index (κ3) is 4.87. The van der Waals surface area contributed by atoms with Crippen molar-refractivity contribution in [3.63, 3.8) is 0 Å². The number of hydrogen-bond acceptors (Lipinski definition) is 5. The summed E-state index contributed by atoms with van der Waals surface area (Å²) in [5, 5.41) is 2.10. The quantitative estimate of drug-likeness (QED) is 0.703. The predicted molar refractivity (Wildman–Crippen MR) is 92.5 cm³/mol. The maximum atomic E-state index is 13.9. The van der Waals surface area contributed by atoms with Gasteiger partial charge < -0.3 is 10.1 Å². The monoisotopic (exact) mass is 416 g/mol. The summed E-state index contributed by atoms with van der Waals surface area (Å²) in [7, 11) is -2.80. The summed E-state index contributed by atoms with van der Waals surface area (Å²) in [4.78, 5) is 23.8. The van der Waals surface area contributed by atoms with Gasteiger partial charge in [-0.2, -0.15) is 0 Å². The lowest BCUT2D eigenvalue weighted by Crippen LogP contribution is -2.30. The average molecular weight is 416 g/mol. The van der Waals surface area contributed by atoms with Crippen LogP contribution in [0.2, 0.25) is 0 Å². The standard InChI is InChI=1S/C17H15F3N2O5S/c1-9(16(23)22-15-6-3-10(18)7-14(15)20)27-17(24)12-8-11(4-5-13(12)19)28(25,26)21-2/h3-9,21H,1-2H3,(H,22,23). The Kier molecular flexibility index (Phi) is 6.41. The fraction of sp³-hybridized carbons (Fsp3) is 0.176. The number of carbonyl (C=O) groups is 2. The number of carbonyl (C=O) groups excluding carboxylic acids is 2. The third-order valence-corrected chi connectivity index (χ3v) is 4.99. The normalized spacial score (nSPS) is 12.3. The molecule has 0 saturated heterocycles. The van der Waals surface area contributed by atoms with Gasteiger partial charge in [-0.25, -0.2) is 31.1 Å². The number of amides is 1. The maximum absolute atomic E-state index is 13.9. The first kappa shape index (κ1) is 21.4. The molecule has 0 spiro atoms. The number of esters is 1. The van der Waals surface area contributed by atoms with Crippen molar-refractivity contribution in [1.29, 1.82) is 0 Å². The zero-order valence-electron chi connectivity index (χ0n) is 14.6. The number of benzene rings is 2. The van der Waals surface area contributed by atoms with E-state index in [4.69, 9.17) is 4.74 Å². The molecule has 0 bridgehead atoms. The van der Waals surface area contributed by atoms with Crippen LogP contribution in [0.25, 0.3) is 0 Å². The van der Waals surface area contributed by atoms with E-state index >= 15 is 0 Å². The highest BCUT2D eigenvalue weighted by molar-refractivity contribution is 7.89. The van der Waals surface area contributed by atoms with Crippen LogP contribution in [0, 0.1) is 17.5 Å². The molecule has 11 heteroatoms. The minimum absolute atomic E-state index is 0.345. The first-order valence-electron chi connectivity index (χ1n) is 7.75. The van der Waals surface area contributed by atoms with E-state index < -0.39 is 51.0 Å². The zero-order valence-corrected chi connectivity index (χ0v) is 15.4. The Hall–Kier alpha value is -2.92. The summed E-state index contributed by atoms with van der Waals surface area (Å²) in [6.45, 7) is 1.14. The molecule has 0 aliphatic heterocycles. The van der Waals surface area contributed by atoms with Crippen LogP contribution in [0.4, 0.5) is 18.9 Å². The van der Waals surface area contributed by atoms with Crippen molar-refractivity contribution in [3.8, 4) is 0 Å². The van der Waals surface area contributed by atoms with Gasteiger partial charge in [-0.1, -0.05) is 0 Å². The topological polar surface area (TPSA) is 102 Å². The zero-order chi connectivity index (χ0) is 21.1. The molecule has 1 amide bonds. The molecule has 7 nitrogen and oxygen atoms in total. The van der Waals surface area contributed by atoms with Crippen LogP contribution >= 0.6 is 0 Å².